The van der Waals surface area contributed by atoms with Crippen molar-refractivity contribution < 1.29 is 13.9 Å². The number of hydrogen-bond donors (Lipinski definition) is 1. The lowest BCUT2D eigenvalue weighted by molar-refractivity contribution is -0.123. The zero-order chi connectivity index (χ0) is 20.1. The molecule has 0 aliphatic carbocycles. The van der Waals surface area contributed by atoms with Crippen LogP contribution in [0.5, 0.6) is 5.75 Å². The summed E-state index contributed by atoms with van der Waals surface area (Å²) in [5.74, 6) is -0.640. The van der Waals surface area contributed by atoms with Gasteiger partial charge >= 0.3 is 0 Å². The zero-order valence-electron chi connectivity index (χ0n) is 16.0. The predicted octanol–water partition coefficient (Wildman–Crippen LogP) is 4.18. The van der Waals surface area contributed by atoms with Crippen molar-refractivity contribution in [2.24, 2.45) is 0 Å². The van der Waals surface area contributed by atoms with E-state index in [0.29, 0.717) is 6.54 Å². The average molecular weight is 411 g/mol. The molecule has 6 heteroatoms. The van der Waals surface area contributed by atoms with Gasteiger partial charge in [-0.1, -0.05) is 36.4 Å². The number of carbonyl (C=O) groups is 1. The molecule has 1 aliphatic heterocycles. The van der Waals surface area contributed by atoms with E-state index in [2.05, 4.69) is 51.3 Å². The van der Waals surface area contributed by atoms with E-state index in [-0.39, 0.29) is 24.3 Å². The molecule has 3 aromatic rings. The van der Waals surface area contributed by atoms with Gasteiger partial charge in [-0.25, -0.2) is 4.39 Å². The van der Waals surface area contributed by atoms with Crippen molar-refractivity contribution in [3.63, 3.8) is 0 Å². The molecule has 0 unspecified atom stereocenters. The number of benzene rings is 2. The Morgan fingerprint density at radius 1 is 1.14 bits per heavy atom. The van der Waals surface area contributed by atoms with Crippen molar-refractivity contribution in [1.29, 1.82) is 0 Å². The van der Waals surface area contributed by atoms with Crippen molar-refractivity contribution in [3.8, 4) is 5.75 Å². The van der Waals surface area contributed by atoms with Crippen molar-refractivity contribution in [2.75, 3.05) is 19.7 Å². The van der Waals surface area contributed by atoms with Gasteiger partial charge in [0.2, 0.25) is 0 Å². The van der Waals surface area contributed by atoms with Gasteiger partial charge in [0.05, 0.1) is 6.04 Å². The van der Waals surface area contributed by atoms with Gasteiger partial charge in [-0.3, -0.25) is 9.69 Å². The van der Waals surface area contributed by atoms with Gasteiger partial charge in [0.1, 0.15) is 0 Å². The number of para-hydroxylation sites is 1. The summed E-state index contributed by atoms with van der Waals surface area (Å²) in [6, 6.07) is 16.8. The van der Waals surface area contributed by atoms with E-state index in [4.69, 9.17) is 4.74 Å². The van der Waals surface area contributed by atoms with Crippen LogP contribution in [0.3, 0.4) is 0 Å². The normalized spacial score (nSPS) is 14.8. The van der Waals surface area contributed by atoms with E-state index in [1.807, 2.05) is 0 Å². The van der Waals surface area contributed by atoms with E-state index in [0.717, 1.165) is 19.5 Å². The highest BCUT2D eigenvalue weighted by molar-refractivity contribution is 7.07. The lowest BCUT2D eigenvalue weighted by Gasteiger charge is -2.35. The molecular formula is C23H23FN2O2S. The number of nitrogens with zero attached hydrogens (tertiary/aromatic N) is 1. The first-order chi connectivity index (χ1) is 14.2. The van der Waals surface area contributed by atoms with Gasteiger partial charge in [0.15, 0.2) is 18.2 Å². The van der Waals surface area contributed by atoms with Crippen LogP contribution in [0.1, 0.15) is 22.7 Å². The molecule has 0 radical (unpaired) electrons. The van der Waals surface area contributed by atoms with Crippen LogP contribution < -0.4 is 10.1 Å². The van der Waals surface area contributed by atoms with Crippen molar-refractivity contribution in [2.45, 2.75) is 19.0 Å². The molecule has 4 rings (SSSR count). The maximum Gasteiger partial charge on any atom is 0.258 e. The lowest BCUT2D eigenvalue weighted by atomic mass is 9.97. The highest BCUT2D eigenvalue weighted by Crippen LogP contribution is 2.28. The number of nitrogens with one attached hydrogen (secondary N) is 1. The Hall–Kier alpha value is -2.70. The third kappa shape index (κ3) is 4.83. The van der Waals surface area contributed by atoms with Crippen LogP contribution in [0, 0.1) is 5.82 Å². The molecule has 0 saturated carbocycles. The molecule has 1 amide bonds. The Morgan fingerprint density at radius 2 is 1.93 bits per heavy atom. The summed E-state index contributed by atoms with van der Waals surface area (Å²) < 4.78 is 19.0. The topological polar surface area (TPSA) is 41.6 Å². The minimum absolute atomic E-state index is 0.0877. The molecule has 2 heterocycles. The molecule has 1 atom stereocenters. The number of carbonyl (C=O) groups excluding carboxylic acids is 1. The summed E-state index contributed by atoms with van der Waals surface area (Å²) in [6.45, 7) is 2.08. The second-order valence-corrected chi connectivity index (χ2v) is 7.86. The molecule has 29 heavy (non-hydrogen) atoms. The van der Waals surface area contributed by atoms with Crippen LogP contribution in [-0.2, 0) is 17.8 Å². The second kappa shape index (κ2) is 9.20. The summed E-state index contributed by atoms with van der Waals surface area (Å²) in [6.07, 6.45) is 1.00. The molecule has 0 saturated heterocycles. The minimum Gasteiger partial charge on any atom is -0.481 e. The molecule has 1 N–H and O–H groups in total. The molecule has 0 spiro atoms. The number of amides is 1. The quantitative estimate of drug-likeness (QED) is 0.635. The minimum atomic E-state index is -0.469. The molecule has 4 nitrogen and oxygen atoms in total. The van der Waals surface area contributed by atoms with Gasteiger partial charge in [-0.2, -0.15) is 11.3 Å². The molecule has 0 bridgehead atoms. The smallest absolute Gasteiger partial charge is 0.258 e. The van der Waals surface area contributed by atoms with Crippen molar-refractivity contribution >= 4 is 17.2 Å². The Balaban J connectivity index is 1.38. The Morgan fingerprint density at radius 3 is 2.72 bits per heavy atom. The van der Waals surface area contributed by atoms with E-state index in [1.54, 1.807) is 23.5 Å². The Bertz CT molecular complexity index is 961. The fourth-order valence-electron chi connectivity index (χ4n) is 3.67. The number of fused-ring (bicyclic) bond motifs is 1. The summed E-state index contributed by atoms with van der Waals surface area (Å²) in [5.41, 5.74) is 3.94. The maximum absolute atomic E-state index is 13.6. The standard InChI is InChI=1S/C23H23FN2O2S/c24-20-7-3-4-8-22(20)28-15-23(27)25-13-21(19-10-12-29-16-19)26-11-9-17-5-1-2-6-18(17)14-26/h1-8,10,12,16,21H,9,11,13-15H2,(H,25,27)/t21-/m0/s1. The largest absolute Gasteiger partial charge is 0.481 e. The maximum atomic E-state index is 13.6. The van der Waals surface area contributed by atoms with E-state index < -0.39 is 5.82 Å². The fraction of sp³-hybridized carbons (Fsp3) is 0.261. The van der Waals surface area contributed by atoms with E-state index in [1.165, 1.54) is 28.8 Å². The van der Waals surface area contributed by atoms with Crippen LogP contribution >= 0.6 is 11.3 Å². The summed E-state index contributed by atoms with van der Waals surface area (Å²) in [7, 11) is 0. The van der Waals surface area contributed by atoms with Crippen LogP contribution in [0.25, 0.3) is 0 Å². The third-order valence-corrected chi connectivity index (χ3v) is 5.92. The van der Waals surface area contributed by atoms with Crippen molar-refractivity contribution in [1.82, 2.24) is 10.2 Å². The Labute approximate surface area is 173 Å². The van der Waals surface area contributed by atoms with Gasteiger partial charge in [0.25, 0.3) is 5.91 Å². The molecule has 150 valence electrons. The van der Waals surface area contributed by atoms with Crippen LogP contribution in [0.2, 0.25) is 0 Å². The van der Waals surface area contributed by atoms with Crippen molar-refractivity contribution in [3.05, 3.63) is 87.9 Å². The SMILES string of the molecule is O=C(COc1ccccc1F)NC[C@@H](c1ccsc1)N1CCc2ccccc2C1. The molecule has 1 aromatic heterocycles. The highest BCUT2D eigenvalue weighted by atomic mass is 32.1. The molecule has 0 fully saturated rings. The van der Waals surface area contributed by atoms with Gasteiger partial charge in [-0.15, -0.1) is 0 Å². The first kappa shape index (κ1) is 19.6. The van der Waals surface area contributed by atoms with Crippen LogP contribution in [-0.4, -0.2) is 30.5 Å². The highest BCUT2D eigenvalue weighted by Gasteiger charge is 2.25. The van der Waals surface area contributed by atoms with Gasteiger partial charge in [-0.05, 0) is 52.1 Å². The number of halogens is 1. The van der Waals surface area contributed by atoms with Crippen LogP contribution in [0.15, 0.2) is 65.4 Å². The van der Waals surface area contributed by atoms with Gasteiger partial charge in [0, 0.05) is 19.6 Å². The monoisotopic (exact) mass is 410 g/mol. The number of ether oxygens (including phenoxy) is 1. The number of thiophene rings is 1. The molecule has 2 aromatic carbocycles. The summed E-state index contributed by atoms with van der Waals surface area (Å²) in [5, 5.41) is 7.15. The third-order valence-electron chi connectivity index (χ3n) is 5.22. The molecule has 1 aliphatic rings. The lowest BCUT2D eigenvalue weighted by Crippen LogP contribution is -2.41. The Kier molecular flexibility index (Phi) is 6.22. The van der Waals surface area contributed by atoms with Crippen LogP contribution in [0.4, 0.5) is 4.39 Å². The second-order valence-electron chi connectivity index (χ2n) is 7.08. The van der Waals surface area contributed by atoms with Gasteiger partial charge < -0.3 is 10.1 Å². The molecular weight excluding hydrogens is 387 g/mol. The van der Waals surface area contributed by atoms with E-state index >= 15 is 0 Å². The van der Waals surface area contributed by atoms with E-state index in [9.17, 15) is 9.18 Å². The first-order valence-electron chi connectivity index (χ1n) is 9.67. The summed E-state index contributed by atoms with van der Waals surface area (Å²) >= 11 is 1.66. The predicted molar refractivity (Wildman–Crippen MR) is 113 cm³/mol. The number of hydrogen-bond acceptors (Lipinski definition) is 4. The fourth-order valence-corrected chi connectivity index (χ4v) is 4.38. The number of rotatable bonds is 7. The average Bonchev–Trinajstić information content (AvgIpc) is 3.28. The summed E-state index contributed by atoms with van der Waals surface area (Å²) in [4.78, 5) is 14.7. The first-order valence-corrected chi connectivity index (χ1v) is 10.6. The zero-order valence-corrected chi connectivity index (χ0v) is 16.8.